The molecule has 5 aromatic rings. The number of aromatic hydroxyl groups is 2. The van der Waals surface area contributed by atoms with Crippen molar-refractivity contribution in [2.75, 3.05) is 20.1 Å². The van der Waals surface area contributed by atoms with Crippen molar-refractivity contribution in [1.82, 2.24) is 4.90 Å². The standard InChI is InChI=1S/C23H16O6.C11H14N2S/c24-20-16(14-7-3-1-5-12(14)9-18(20)22(26)27)11-17-15-8-4-2-6-13(15)10-19(21(17)25)23(28)29;1-13-8-3-7-12-11(13)6-5-10-4-2-9-14-10/h1-10,24-25H,11H2,(H,26,27)(H,28,29);2,4-6,9H,3,7-8H2,1H3/b;6-5+. The predicted octanol–water partition coefficient (Wildman–Crippen LogP) is 6.89. The van der Waals surface area contributed by atoms with Crippen LogP contribution < -0.4 is 0 Å². The van der Waals surface area contributed by atoms with Gasteiger partial charge in [-0.2, -0.15) is 0 Å². The fourth-order valence-corrected chi connectivity index (χ4v) is 5.76. The van der Waals surface area contributed by atoms with Crippen molar-refractivity contribution in [1.29, 1.82) is 0 Å². The van der Waals surface area contributed by atoms with Crippen molar-refractivity contribution in [3.63, 3.8) is 0 Å². The van der Waals surface area contributed by atoms with Crippen molar-refractivity contribution in [3.05, 3.63) is 111 Å². The predicted molar refractivity (Wildman–Crippen MR) is 171 cm³/mol. The first-order valence-electron chi connectivity index (χ1n) is 13.7. The molecule has 1 aromatic heterocycles. The van der Waals surface area contributed by atoms with Gasteiger partial charge in [-0.15, -0.1) is 11.3 Å². The summed E-state index contributed by atoms with van der Waals surface area (Å²) in [5.41, 5.74) is 0.112. The first kappa shape index (κ1) is 29.3. The molecule has 0 aliphatic carbocycles. The molecule has 8 nitrogen and oxygen atoms in total. The number of aliphatic imine (C=N–C) groups is 1. The van der Waals surface area contributed by atoms with E-state index in [2.05, 4.69) is 46.6 Å². The van der Waals surface area contributed by atoms with Crippen LogP contribution in [0.4, 0.5) is 0 Å². The molecule has 1 aliphatic rings. The van der Waals surface area contributed by atoms with Crippen LogP contribution in [0, 0.1) is 0 Å². The summed E-state index contributed by atoms with van der Waals surface area (Å²) >= 11 is 1.75. The van der Waals surface area contributed by atoms with E-state index in [9.17, 15) is 30.0 Å². The molecule has 0 unspecified atom stereocenters. The SMILES string of the molecule is CN1CCCN=C1/C=C/c1cccs1.O=C(O)c1cc2ccccc2c(Cc2c(O)c(C(=O)O)cc3ccccc23)c1O. The van der Waals surface area contributed by atoms with Crippen LogP contribution in [0.2, 0.25) is 0 Å². The van der Waals surface area contributed by atoms with E-state index in [1.54, 1.807) is 59.9 Å². The highest BCUT2D eigenvalue weighted by Crippen LogP contribution is 2.38. The summed E-state index contributed by atoms with van der Waals surface area (Å²) in [6.45, 7) is 2.09. The highest BCUT2D eigenvalue weighted by Gasteiger charge is 2.22. The Hall–Kier alpha value is -5.15. The lowest BCUT2D eigenvalue weighted by Gasteiger charge is -2.22. The number of carbonyl (C=O) groups is 2. The number of carboxylic acids is 2. The lowest BCUT2D eigenvalue weighted by atomic mass is 9.90. The van der Waals surface area contributed by atoms with Crippen LogP contribution in [0.25, 0.3) is 27.6 Å². The Morgan fingerprint density at radius 2 is 1.40 bits per heavy atom. The molecule has 0 radical (unpaired) electrons. The van der Waals surface area contributed by atoms with Crippen molar-refractivity contribution in [2.45, 2.75) is 12.8 Å². The Morgan fingerprint density at radius 1 is 0.837 bits per heavy atom. The molecule has 4 N–H and O–H groups in total. The summed E-state index contributed by atoms with van der Waals surface area (Å²) < 4.78 is 0. The Bertz CT molecular complexity index is 1780. The molecule has 0 spiro atoms. The largest absolute Gasteiger partial charge is 0.507 e. The van der Waals surface area contributed by atoms with Gasteiger partial charge < -0.3 is 25.3 Å². The minimum Gasteiger partial charge on any atom is -0.507 e. The summed E-state index contributed by atoms with van der Waals surface area (Å²) in [6, 6.07) is 21.0. The van der Waals surface area contributed by atoms with E-state index in [1.807, 2.05) is 0 Å². The van der Waals surface area contributed by atoms with Gasteiger partial charge in [0, 0.05) is 42.6 Å². The van der Waals surface area contributed by atoms with Crippen LogP contribution in [0.1, 0.15) is 43.1 Å². The number of nitrogens with zero attached hydrogens (tertiary/aromatic N) is 2. The van der Waals surface area contributed by atoms with Crippen molar-refractivity contribution in [2.24, 2.45) is 4.99 Å². The van der Waals surface area contributed by atoms with Gasteiger partial charge in [-0.1, -0.05) is 54.6 Å². The molecule has 4 aromatic carbocycles. The number of thiophene rings is 1. The molecule has 0 bridgehead atoms. The molecule has 2 heterocycles. The van der Waals surface area contributed by atoms with E-state index >= 15 is 0 Å². The molecule has 1 aliphatic heterocycles. The van der Waals surface area contributed by atoms with E-state index < -0.39 is 23.4 Å². The fraction of sp³-hybridized carbons (Fsp3) is 0.147. The molecule has 0 atom stereocenters. The molecule has 43 heavy (non-hydrogen) atoms. The van der Waals surface area contributed by atoms with E-state index in [0.29, 0.717) is 32.7 Å². The molecule has 9 heteroatoms. The van der Waals surface area contributed by atoms with Gasteiger partial charge in [0.25, 0.3) is 0 Å². The van der Waals surface area contributed by atoms with Crippen LogP contribution in [-0.2, 0) is 6.42 Å². The molecule has 0 saturated heterocycles. The Kier molecular flexibility index (Phi) is 8.73. The van der Waals surface area contributed by atoms with E-state index in [-0.39, 0.29) is 17.5 Å². The summed E-state index contributed by atoms with van der Waals surface area (Å²) in [6.07, 6.45) is 5.37. The lowest BCUT2D eigenvalue weighted by molar-refractivity contribution is 0.0682. The van der Waals surface area contributed by atoms with Gasteiger partial charge in [0.15, 0.2) is 0 Å². The third kappa shape index (κ3) is 6.37. The van der Waals surface area contributed by atoms with Gasteiger partial charge in [0.1, 0.15) is 28.5 Å². The number of hydrogen-bond donors (Lipinski definition) is 4. The van der Waals surface area contributed by atoms with Gasteiger partial charge in [-0.05, 0) is 63.7 Å². The second-order valence-corrected chi connectivity index (χ2v) is 11.1. The minimum absolute atomic E-state index is 0.0407. The third-order valence-electron chi connectivity index (χ3n) is 7.32. The Morgan fingerprint density at radius 3 is 1.88 bits per heavy atom. The number of benzene rings is 4. The number of amidine groups is 1. The van der Waals surface area contributed by atoms with Gasteiger partial charge >= 0.3 is 11.9 Å². The van der Waals surface area contributed by atoms with Crippen molar-refractivity contribution < 1.29 is 30.0 Å². The maximum atomic E-state index is 11.6. The molecular formula is C34H30N2O6S. The fourth-order valence-electron chi connectivity index (χ4n) is 5.14. The summed E-state index contributed by atoms with van der Waals surface area (Å²) in [4.78, 5) is 31.2. The summed E-state index contributed by atoms with van der Waals surface area (Å²) in [5.74, 6) is -2.25. The zero-order valence-electron chi connectivity index (χ0n) is 23.4. The van der Waals surface area contributed by atoms with E-state index in [1.165, 1.54) is 23.4 Å². The maximum Gasteiger partial charge on any atom is 0.339 e. The molecule has 218 valence electrons. The van der Waals surface area contributed by atoms with Crippen LogP contribution in [0.5, 0.6) is 11.5 Å². The van der Waals surface area contributed by atoms with Gasteiger partial charge in [-0.25, -0.2) is 9.59 Å². The smallest absolute Gasteiger partial charge is 0.339 e. The third-order valence-corrected chi connectivity index (χ3v) is 8.16. The van der Waals surface area contributed by atoms with Crippen LogP contribution >= 0.6 is 11.3 Å². The van der Waals surface area contributed by atoms with Gasteiger partial charge in [0.2, 0.25) is 0 Å². The zero-order valence-corrected chi connectivity index (χ0v) is 24.2. The first-order chi connectivity index (χ1) is 20.7. The topological polar surface area (TPSA) is 131 Å². The average molecular weight is 595 g/mol. The van der Waals surface area contributed by atoms with Crippen LogP contribution in [0.15, 0.2) is 89.2 Å². The summed E-state index contributed by atoms with van der Waals surface area (Å²) in [5, 5.41) is 44.9. The second kappa shape index (κ2) is 12.8. The second-order valence-electron chi connectivity index (χ2n) is 10.1. The first-order valence-corrected chi connectivity index (χ1v) is 14.5. The Balaban J connectivity index is 0.000000220. The normalized spacial score (nSPS) is 13.1. The number of rotatable bonds is 6. The van der Waals surface area contributed by atoms with Crippen LogP contribution in [0.3, 0.4) is 0 Å². The Labute approximate surface area is 252 Å². The quantitative estimate of drug-likeness (QED) is 0.168. The van der Waals surface area contributed by atoms with Crippen molar-refractivity contribution >= 4 is 56.7 Å². The monoisotopic (exact) mass is 594 g/mol. The van der Waals surface area contributed by atoms with E-state index in [0.717, 1.165) is 18.9 Å². The number of hydrogen-bond acceptors (Lipinski definition) is 7. The highest BCUT2D eigenvalue weighted by atomic mass is 32.1. The number of aromatic carboxylic acids is 2. The molecular weight excluding hydrogens is 564 g/mol. The van der Waals surface area contributed by atoms with Gasteiger partial charge in [-0.3, -0.25) is 4.99 Å². The zero-order chi connectivity index (χ0) is 30.5. The molecule has 0 fully saturated rings. The average Bonchev–Trinajstić information content (AvgIpc) is 3.53. The maximum absolute atomic E-state index is 11.6. The van der Waals surface area contributed by atoms with Crippen molar-refractivity contribution in [3.8, 4) is 11.5 Å². The number of fused-ring (bicyclic) bond motifs is 2. The molecule has 6 rings (SSSR count). The number of phenols is 2. The number of carboxylic acid groups (broad SMARTS) is 2. The number of likely N-dealkylation sites (N-methyl/N-ethyl adjacent to an activating group) is 1. The lowest BCUT2D eigenvalue weighted by Crippen LogP contribution is -2.30. The summed E-state index contributed by atoms with van der Waals surface area (Å²) in [7, 11) is 2.09. The van der Waals surface area contributed by atoms with Gasteiger partial charge in [0.05, 0.1) is 0 Å². The highest BCUT2D eigenvalue weighted by molar-refractivity contribution is 7.10. The van der Waals surface area contributed by atoms with Crippen LogP contribution in [-0.4, -0.2) is 63.2 Å². The molecule has 0 saturated carbocycles. The van der Waals surface area contributed by atoms with E-state index in [4.69, 9.17) is 0 Å². The minimum atomic E-state index is -1.28. The molecule has 0 amide bonds.